The molecular formula is C20H19Cl2N3O3. The molecule has 8 heteroatoms. The normalized spacial score (nSPS) is 11.1. The fourth-order valence-electron chi connectivity index (χ4n) is 2.70. The number of methoxy groups -OCH3 is 2. The van der Waals surface area contributed by atoms with E-state index in [2.05, 4.69) is 10.3 Å². The molecule has 1 aromatic carbocycles. The van der Waals surface area contributed by atoms with Gasteiger partial charge in [0.15, 0.2) is 5.65 Å². The Labute approximate surface area is 172 Å². The molecule has 0 atom stereocenters. The molecule has 2 aromatic heterocycles. The van der Waals surface area contributed by atoms with E-state index in [-0.39, 0.29) is 5.91 Å². The van der Waals surface area contributed by atoms with Crippen LogP contribution >= 0.6 is 23.2 Å². The number of benzene rings is 1. The summed E-state index contributed by atoms with van der Waals surface area (Å²) in [4.78, 5) is 16.6. The summed E-state index contributed by atoms with van der Waals surface area (Å²) in [5.41, 5.74) is 2.20. The Balaban J connectivity index is 1.59. The number of rotatable bonds is 7. The van der Waals surface area contributed by atoms with Gasteiger partial charge in [-0.05, 0) is 30.3 Å². The summed E-state index contributed by atoms with van der Waals surface area (Å²) in [5, 5.41) is 3.85. The Morgan fingerprint density at radius 3 is 2.79 bits per heavy atom. The minimum Gasteiger partial charge on any atom is -0.497 e. The van der Waals surface area contributed by atoms with E-state index in [9.17, 15) is 4.79 Å². The van der Waals surface area contributed by atoms with E-state index in [1.54, 1.807) is 55.2 Å². The highest BCUT2D eigenvalue weighted by Gasteiger charge is 2.07. The number of fused-ring (bicyclic) bond motifs is 1. The number of nitrogens with one attached hydrogen (secondary N) is 1. The zero-order chi connectivity index (χ0) is 20.1. The first-order valence-corrected chi connectivity index (χ1v) is 9.26. The van der Waals surface area contributed by atoms with Crippen LogP contribution in [0.2, 0.25) is 10.0 Å². The molecule has 0 saturated heterocycles. The molecule has 28 heavy (non-hydrogen) atoms. The third kappa shape index (κ3) is 4.77. The van der Waals surface area contributed by atoms with Crippen LogP contribution in [0.15, 0.2) is 42.7 Å². The van der Waals surface area contributed by atoms with Crippen molar-refractivity contribution in [1.29, 1.82) is 0 Å². The second-order valence-corrected chi connectivity index (χ2v) is 6.80. The zero-order valence-corrected chi connectivity index (χ0v) is 16.9. The van der Waals surface area contributed by atoms with Crippen molar-refractivity contribution in [3.8, 4) is 11.5 Å². The van der Waals surface area contributed by atoms with Crippen molar-refractivity contribution in [3.05, 3.63) is 64.0 Å². The van der Waals surface area contributed by atoms with Gasteiger partial charge in [0.2, 0.25) is 5.91 Å². The number of hydrogen-bond donors (Lipinski definition) is 1. The van der Waals surface area contributed by atoms with Crippen molar-refractivity contribution in [1.82, 2.24) is 14.7 Å². The van der Waals surface area contributed by atoms with Gasteiger partial charge < -0.3 is 19.2 Å². The molecule has 0 fully saturated rings. The quantitative estimate of drug-likeness (QED) is 0.587. The van der Waals surface area contributed by atoms with Crippen LogP contribution in [0.5, 0.6) is 11.5 Å². The van der Waals surface area contributed by atoms with E-state index in [0.717, 1.165) is 11.3 Å². The summed E-state index contributed by atoms with van der Waals surface area (Å²) < 4.78 is 12.3. The van der Waals surface area contributed by atoms with Crippen LogP contribution in [0.3, 0.4) is 0 Å². The number of halogens is 2. The maximum absolute atomic E-state index is 12.1. The topological polar surface area (TPSA) is 64.9 Å². The van der Waals surface area contributed by atoms with E-state index < -0.39 is 0 Å². The third-order valence-corrected chi connectivity index (χ3v) is 4.54. The lowest BCUT2D eigenvalue weighted by molar-refractivity contribution is -0.116. The lowest BCUT2D eigenvalue weighted by atomic mass is 10.1. The van der Waals surface area contributed by atoms with Gasteiger partial charge in [0, 0.05) is 37.0 Å². The highest BCUT2D eigenvalue weighted by atomic mass is 35.5. The first kappa shape index (κ1) is 20.0. The van der Waals surface area contributed by atoms with Crippen molar-refractivity contribution < 1.29 is 14.3 Å². The monoisotopic (exact) mass is 419 g/mol. The Hall–Kier alpha value is -2.70. The summed E-state index contributed by atoms with van der Waals surface area (Å²) in [6, 6.07) is 7.03. The van der Waals surface area contributed by atoms with Gasteiger partial charge in [0.1, 0.15) is 11.5 Å². The fourth-order valence-corrected chi connectivity index (χ4v) is 3.23. The van der Waals surface area contributed by atoms with Crippen LogP contribution < -0.4 is 14.8 Å². The van der Waals surface area contributed by atoms with Crippen molar-refractivity contribution in [2.24, 2.45) is 0 Å². The molecular weight excluding hydrogens is 401 g/mol. The fraction of sp³-hybridized carbons (Fsp3) is 0.200. The number of ether oxygens (including phenoxy) is 2. The van der Waals surface area contributed by atoms with Crippen LogP contribution in [-0.4, -0.2) is 36.1 Å². The molecule has 0 unspecified atom stereocenters. The zero-order valence-electron chi connectivity index (χ0n) is 15.4. The number of carbonyl (C=O) groups excluding carboxylic acids is 1. The summed E-state index contributed by atoms with van der Waals surface area (Å²) in [6.07, 6.45) is 7.29. The standard InChI is InChI=1S/C20H19Cl2N3O3/c1-27-16-4-5-18(28-2)13(9-16)3-6-19(26)23-8-7-15-12-25-11-14(21)10-17(22)20(25)24-15/h3-6,9-12H,7-8H2,1-2H3,(H,23,26)/b6-3+. The molecule has 1 N–H and O–H groups in total. The van der Waals surface area contributed by atoms with Crippen LogP contribution in [0.25, 0.3) is 11.7 Å². The Bertz CT molecular complexity index is 1030. The van der Waals surface area contributed by atoms with Gasteiger partial charge in [-0.15, -0.1) is 0 Å². The molecule has 146 valence electrons. The summed E-state index contributed by atoms with van der Waals surface area (Å²) in [6.45, 7) is 0.438. The van der Waals surface area contributed by atoms with Crippen molar-refractivity contribution in [2.75, 3.05) is 20.8 Å². The van der Waals surface area contributed by atoms with Gasteiger partial charge in [-0.2, -0.15) is 0 Å². The molecule has 6 nitrogen and oxygen atoms in total. The van der Waals surface area contributed by atoms with Crippen molar-refractivity contribution in [3.63, 3.8) is 0 Å². The molecule has 3 aromatic rings. The van der Waals surface area contributed by atoms with Gasteiger partial charge >= 0.3 is 0 Å². The minimum atomic E-state index is -0.213. The second-order valence-electron chi connectivity index (χ2n) is 5.95. The van der Waals surface area contributed by atoms with E-state index in [1.807, 2.05) is 6.20 Å². The molecule has 3 rings (SSSR count). The molecule has 0 saturated carbocycles. The number of carbonyl (C=O) groups is 1. The van der Waals surface area contributed by atoms with E-state index in [4.69, 9.17) is 32.7 Å². The van der Waals surface area contributed by atoms with Gasteiger partial charge in [0.25, 0.3) is 0 Å². The molecule has 0 aliphatic carbocycles. The van der Waals surface area contributed by atoms with Gasteiger partial charge in [0.05, 0.1) is 30.0 Å². The number of aromatic nitrogens is 2. The average molecular weight is 420 g/mol. The summed E-state index contributed by atoms with van der Waals surface area (Å²) >= 11 is 12.1. The van der Waals surface area contributed by atoms with Crippen LogP contribution in [0.1, 0.15) is 11.3 Å². The largest absolute Gasteiger partial charge is 0.497 e. The summed E-state index contributed by atoms with van der Waals surface area (Å²) in [5.74, 6) is 1.13. The first-order chi connectivity index (χ1) is 13.5. The highest BCUT2D eigenvalue weighted by Crippen LogP contribution is 2.25. The van der Waals surface area contributed by atoms with E-state index >= 15 is 0 Å². The first-order valence-electron chi connectivity index (χ1n) is 8.50. The maximum Gasteiger partial charge on any atom is 0.244 e. The maximum atomic E-state index is 12.1. The predicted molar refractivity (Wildman–Crippen MR) is 111 cm³/mol. The summed E-state index contributed by atoms with van der Waals surface area (Å²) in [7, 11) is 3.16. The van der Waals surface area contributed by atoms with E-state index in [0.29, 0.717) is 40.2 Å². The van der Waals surface area contributed by atoms with Crippen molar-refractivity contribution >= 4 is 40.8 Å². The third-order valence-electron chi connectivity index (χ3n) is 4.05. The molecule has 0 aliphatic heterocycles. The molecule has 0 spiro atoms. The SMILES string of the molecule is COc1ccc(OC)c(/C=C/C(=O)NCCc2cn3cc(Cl)cc(Cl)c3n2)c1. The van der Waals surface area contributed by atoms with Gasteiger partial charge in [-0.3, -0.25) is 4.79 Å². The molecule has 1 amide bonds. The molecule has 2 heterocycles. The lowest BCUT2D eigenvalue weighted by Gasteiger charge is -2.07. The van der Waals surface area contributed by atoms with Crippen LogP contribution in [-0.2, 0) is 11.2 Å². The predicted octanol–water partition coefficient (Wildman–Crippen LogP) is 4.03. The van der Waals surface area contributed by atoms with Gasteiger partial charge in [-0.25, -0.2) is 4.98 Å². The average Bonchev–Trinajstić information content (AvgIpc) is 3.09. The Morgan fingerprint density at radius 1 is 1.21 bits per heavy atom. The molecule has 0 aliphatic rings. The van der Waals surface area contributed by atoms with Crippen LogP contribution in [0.4, 0.5) is 0 Å². The van der Waals surface area contributed by atoms with E-state index in [1.165, 1.54) is 6.08 Å². The number of pyridine rings is 1. The number of nitrogens with zero attached hydrogens (tertiary/aromatic N) is 2. The number of imidazole rings is 1. The van der Waals surface area contributed by atoms with Gasteiger partial charge in [-0.1, -0.05) is 23.2 Å². The smallest absolute Gasteiger partial charge is 0.244 e. The number of amides is 1. The number of hydrogen-bond acceptors (Lipinski definition) is 4. The molecule has 0 bridgehead atoms. The van der Waals surface area contributed by atoms with Crippen molar-refractivity contribution in [2.45, 2.75) is 6.42 Å². The minimum absolute atomic E-state index is 0.213. The highest BCUT2D eigenvalue weighted by molar-refractivity contribution is 6.36. The van der Waals surface area contributed by atoms with Crippen LogP contribution in [0, 0.1) is 0 Å². The lowest BCUT2D eigenvalue weighted by Crippen LogP contribution is -2.23. The Kier molecular flexibility index (Phi) is 6.44. The second kappa shape index (κ2) is 8.99. The Morgan fingerprint density at radius 2 is 2.04 bits per heavy atom. The molecule has 0 radical (unpaired) electrons.